The monoisotopic (exact) mass is 255 g/mol. The molecular formula is C13H21NO4. The molecule has 0 aromatic carbocycles. The quantitative estimate of drug-likeness (QED) is 0.776. The number of β-amino-alcohol motifs (C(OH)–C–C–N with tert-alkyl or cyclic N) is 1. The standard InChI is InChI=1S/C13H21NO4/c1-4-5-13(18)6-14(7-13)10(15)8-9(11(16)17)12(8,2)3/h8-9,18H,4-7H2,1-3H3,(H,16,17)/t8-,9+/m1/s1. The average Bonchev–Trinajstić information content (AvgIpc) is 2.77. The van der Waals surface area contributed by atoms with Crippen molar-refractivity contribution in [3.8, 4) is 0 Å². The molecule has 1 amide bonds. The molecule has 1 saturated carbocycles. The molecule has 1 saturated heterocycles. The van der Waals surface area contributed by atoms with E-state index < -0.39 is 28.8 Å². The summed E-state index contributed by atoms with van der Waals surface area (Å²) in [6, 6.07) is 0. The number of amides is 1. The van der Waals surface area contributed by atoms with E-state index in [-0.39, 0.29) is 5.91 Å². The lowest BCUT2D eigenvalue weighted by atomic mass is 9.88. The van der Waals surface area contributed by atoms with Gasteiger partial charge in [-0.1, -0.05) is 27.2 Å². The Morgan fingerprint density at radius 2 is 1.83 bits per heavy atom. The van der Waals surface area contributed by atoms with E-state index in [9.17, 15) is 14.7 Å². The van der Waals surface area contributed by atoms with Crippen LogP contribution in [0.1, 0.15) is 33.6 Å². The predicted octanol–water partition coefficient (Wildman–Crippen LogP) is 0.717. The number of carboxylic acid groups (broad SMARTS) is 1. The Kier molecular flexibility index (Phi) is 2.93. The molecule has 5 nitrogen and oxygen atoms in total. The normalized spacial score (nSPS) is 31.7. The van der Waals surface area contributed by atoms with Gasteiger partial charge in [-0.25, -0.2) is 0 Å². The first-order valence-electron chi connectivity index (χ1n) is 6.47. The molecule has 2 rings (SSSR count). The Labute approximate surface area is 107 Å². The number of carbonyl (C=O) groups is 2. The van der Waals surface area contributed by atoms with Crippen molar-refractivity contribution in [3.63, 3.8) is 0 Å². The van der Waals surface area contributed by atoms with Gasteiger partial charge in [-0.15, -0.1) is 0 Å². The number of rotatable bonds is 4. The van der Waals surface area contributed by atoms with Crippen molar-refractivity contribution in [1.82, 2.24) is 4.90 Å². The minimum absolute atomic E-state index is 0.117. The van der Waals surface area contributed by atoms with E-state index in [1.165, 1.54) is 0 Å². The van der Waals surface area contributed by atoms with Gasteiger partial charge in [0.25, 0.3) is 0 Å². The molecule has 5 heteroatoms. The maximum atomic E-state index is 12.2. The van der Waals surface area contributed by atoms with E-state index in [0.717, 1.165) is 6.42 Å². The number of hydrogen-bond donors (Lipinski definition) is 2. The Hall–Kier alpha value is -1.10. The zero-order valence-corrected chi connectivity index (χ0v) is 11.1. The van der Waals surface area contributed by atoms with Crippen LogP contribution in [0.15, 0.2) is 0 Å². The highest BCUT2D eigenvalue weighted by atomic mass is 16.4. The Morgan fingerprint density at radius 1 is 1.28 bits per heavy atom. The van der Waals surface area contributed by atoms with Gasteiger partial charge in [0.15, 0.2) is 0 Å². The van der Waals surface area contributed by atoms with Crippen molar-refractivity contribution < 1.29 is 19.8 Å². The molecule has 0 radical (unpaired) electrons. The lowest BCUT2D eigenvalue weighted by Gasteiger charge is -2.46. The van der Waals surface area contributed by atoms with Gasteiger partial charge in [0.2, 0.25) is 5.91 Å². The Balaban J connectivity index is 1.94. The van der Waals surface area contributed by atoms with Crippen LogP contribution in [-0.4, -0.2) is 45.7 Å². The summed E-state index contributed by atoms with van der Waals surface area (Å²) in [6.07, 6.45) is 1.57. The van der Waals surface area contributed by atoms with Crippen LogP contribution in [0.5, 0.6) is 0 Å². The molecule has 0 unspecified atom stereocenters. The van der Waals surface area contributed by atoms with Crippen molar-refractivity contribution in [1.29, 1.82) is 0 Å². The minimum atomic E-state index is -0.900. The van der Waals surface area contributed by atoms with Crippen LogP contribution in [0.4, 0.5) is 0 Å². The highest BCUT2D eigenvalue weighted by molar-refractivity contribution is 5.92. The molecule has 1 heterocycles. The van der Waals surface area contributed by atoms with Crippen LogP contribution < -0.4 is 0 Å². The molecule has 0 aromatic rings. The summed E-state index contributed by atoms with van der Waals surface area (Å²) in [7, 11) is 0. The number of hydrogen-bond acceptors (Lipinski definition) is 3. The topological polar surface area (TPSA) is 77.8 Å². The molecule has 2 fully saturated rings. The second-order valence-corrected chi connectivity index (χ2v) is 6.28. The summed E-state index contributed by atoms with van der Waals surface area (Å²) >= 11 is 0. The summed E-state index contributed by atoms with van der Waals surface area (Å²) in [5.74, 6) is -2.03. The zero-order valence-electron chi connectivity index (χ0n) is 11.1. The van der Waals surface area contributed by atoms with E-state index in [1.54, 1.807) is 4.90 Å². The molecule has 1 aliphatic heterocycles. The smallest absolute Gasteiger partial charge is 0.307 e. The molecular weight excluding hydrogens is 234 g/mol. The van der Waals surface area contributed by atoms with Gasteiger partial charge in [-0.3, -0.25) is 9.59 Å². The molecule has 2 aliphatic rings. The second kappa shape index (κ2) is 3.95. The van der Waals surface area contributed by atoms with Gasteiger partial charge < -0.3 is 15.1 Å². The number of carbonyl (C=O) groups excluding carboxylic acids is 1. The number of likely N-dealkylation sites (tertiary alicyclic amines) is 1. The first-order chi connectivity index (χ1) is 8.23. The molecule has 0 bridgehead atoms. The molecule has 18 heavy (non-hydrogen) atoms. The lowest BCUT2D eigenvalue weighted by Crippen LogP contribution is -2.63. The van der Waals surface area contributed by atoms with Crippen LogP contribution in [0.25, 0.3) is 0 Å². The molecule has 1 aliphatic carbocycles. The molecule has 2 N–H and O–H groups in total. The van der Waals surface area contributed by atoms with E-state index in [2.05, 4.69) is 0 Å². The van der Waals surface area contributed by atoms with Gasteiger partial charge in [0.1, 0.15) is 0 Å². The number of carboxylic acids is 1. The molecule has 0 aromatic heterocycles. The first kappa shape index (κ1) is 13.3. The number of nitrogens with zero attached hydrogens (tertiary/aromatic N) is 1. The second-order valence-electron chi connectivity index (χ2n) is 6.28. The first-order valence-corrected chi connectivity index (χ1v) is 6.47. The Morgan fingerprint density at radius 3 is 2.22 bits per heavy atom. The average molecular weight is 255 g/mol. The lowest BCUT2D eigenvalue weighted by molar-refractivity contribution is -0.159. The van der Waals surface area contributed by atoms with E-state index in [1.807, 2.05) is 20.8 Å². The fourth-order valence-corrected chi connectivity index (χ4v) is 3.20. The van der Waals surface area contributed by atoms with Gasteiger partial charge in [0, 0.05) is 0 Å². The maximum Gasteiger partial charge on any atom is 0.307 e. The van der Waals surface area contributed by atoms with Gasteiger partial charge in [-0.2, -0.15) is 0 Å². The fraction of sp³-hybridized carbons (Fsp3) is 0.846. The van der Waals surface area contributed by atoms with Gasteiger partial charge in [0.05, 0.1) is 30.5 Å². The summed E-state index contributed by atoms with van der Waals surface area (Å²) in [5, 5.41) is 19.1. The SMILES string of the molecule is CCCC1(O)CN(C(=O)[C@H]2[C@@H](C(=O)O)C2(C)C)C1. The van der Waals surface area contributed by atoms with Gasteiger partial charge in [-0.05, 0) is 11.8 Å². The molecule has 102 valence electrons. The largest absolute Gasteiger partial charge is 0.481 e. The number of aliphatic carboxylic acids is 1. The van der Waals surface area contributed by atoms with Crippen molar-refractivity contribution >= 4 is 11.9 Å². The van der Waals surface area contributed by atoms with E-state index in [0.29, 0.717) is 19.5 Å². The van der Waals surface area contributed by atoms with E-state index >= 15 is 0 Å². The van der Waals surface area contributed by atoms with Crippen LogP contribution in [-0.2, 0) is 9.59 Å². The summed E-state index contributed by atoms with van der Waals surface area (Å²) < 4.78 is 0. The van der Waals surface area contributed by atoms with Gasteiger partial charge >= 0.3 is 5.97 Å². The number of aliphatic hydroxyl groups is 1. The minimum Gasteiger partial charge on any atom is -0.481 e. The summed E-state index contributed by atoms with van der Waals surface area (Å²) in [5.41, 5.74) is -1.20. The van der Waals surface area contributed by atoms with Crippen LogP contribution in [0, 0.1) is 17.3 Å². The maximum absolute atomic E-state index is 12.2. The van der Waals surface area contributed by atoms with Crippen molar-refractivity contribution in [2.75, 3.05) is 13.1 Å². The van der Waals surface area contributed by atoms with Crippen LogP contribution in [0.2, 0.25) is 0 Å². The fourth-order valence-electron chi connectivity index (χ4n) is 3.20. The van der Waals surface area contributed by atoms with Crippen LogP contribution in [0.3, 0.4) is 0 Å². The van der Waals surface area contributed by atoms with Crippen molar-refractivity contribution in [2.24, 2.45) is 17.3 Å². The third kappa shape index (κ3) is 1.90. The zero-order chi connectivity index (χ0) is 13.7. The Bertz CT molecular complexity index is 384. The van der Waals surface area contributed by atoms with Crippen molar-refractivity contribution in [2.45, 2.75) is 39.2 Å². The van der Waals surface area contributed by atoms with E-state index in [4.69, 9.17) is 5.11 Å². The molecule has 0 spiro atoms. The van der Waals surface area contributed by atoms with Crippen molar-refractivity contribution in [3.05, 3.63) is 0 Å². The summed E-state index contributed by atoms with van der Waals surface area (Å²) in [6.45, 7) is 6.31. The van der Waals surface area contributed by atoms with Crippen LogP contribution >= 0.6 is 0 Å². The highest BCUT2D eigenvalue weighted by Crippen LogP contribution is 2.59. The third-order valence-electron chi connectivity index (χ3n) is 4.36. The highest BCUT2D eigenvalue weighted by Gasteiger charge is 2.67. The predicted molar refractivity (Wildman–Crippen MR) is 64.8 cm³/mol. The summed E-state index contributed by atoms with van der Waals surface area (Å²) in [4.78, 5) is 24.8. The molecule has 2 atom stereocenters. The third-order valence-corrected chi connectivity index (χ3v) is 4.36.